The second-order valence-electron chi connectivity index (χ2n) is 3.08. The minimum atomic E-state index is -0.640. The lowest BCUT2D eigenvalue weighted by Crippen LogP contribution is -2.26. The van der Waals surface area contributed by atoms with Gasteiger partial charge in [-0.25, -0.2) is 9.18 Å². The first-order chi connectivity index (χ1) is 7.66. The molecule has 2 heterocycles. The lowest BCUT2D eigenvalue weighted by atomic mass is 10.3. The maximum atomic E-state index is 12.8. The van der Waals surface area contributed by atoms with Crippen LogP contribution in [0.4, 0.5) is 4.39 Å². The molecule has 0 saturated heterocycles. The van der Waals surface area contributed by atoms with Crippen molar-refractivity contribution in [2.24, 2.45) is 0 Å². The molecule has 6 heteroatoms. The Bertz CT molecular complexity index is 562. The van der Waals surface area contributed by atoms with Crippen LogP contribution in [0.3, 0.4) is 0 Å². The number of carbonyl (C=O) groups is 1. The zero-order chi connectivity index (χ0) is 11.5. The van der Waals surface area contributed by atoms with E-state index in [1.807, 2.05) is 0 Å². The van der Waals surface area contributed by atoms with Gasteiger partial charge in [0.2, 0.25) is 0 Å². The molecule has 0 radical (unpaired) electrons. The maximum Gasteiger partial charge on any atom is 0.348 e. The molecular formula is C10H7FN2O2S. The van der Waals surface area contributed by atoms with Crippen LogP contribution in [0.25, 0.3) is 0 Å². The second-order valence-corrected chi connectivity index (χ2v) is 4.03. The summed E-state index contributed by atoms with van der Waals surface area (Å²) in [6, 6.07) is 3.40. The van der Waals surface area contributed by atoms with Crippen molar-refractivity contribution < 1.29 is 9.18 Å². The molecule has 0 spiro atoms. The number of carbonyl (C=O) groups excluding carboxylic acids is 1. The molecule has 0 aromatic carbocycles. The van der Waals surface area contributed by atoms with Crippen LogP contribution < -0.4 is 5.69 Å². The monoisotopic (exact) mass is 238 g/mol. The Kier molecular flexibility index (Phi) is 2.91. The van der Waals surface area contributed by atoms with Crippen molar-refractivity contribution in [2.75, 3.05) is 0 Å². The van der Waals surface area contributed by atoms with Gasteiger partial charge in [-0.05, 0) is 11.4 Å². The summed E-state index contributed by atoms with van der Waals surface area (Å²) in [5.41, 5.74) is -0.633. The van der Waals surface area contributed by atoms with Gasteiger partial charge in [0.1, 0.15) is 0 Å². The molecule has 0 fully saturated rings. The fourth-order valence-electron chi connectivity index (χ4n) is 1.21. The average Bonchev–Trinajstić information content (AvgIpc) is 2.76. The Hall–Kier alpha value is -1.82. The second kappa shape index (κ2) is 4.36. The lowest BCUT2D eigenvalue weighted by molar-refractivity contribution is 0.0974. The number of nitrogens with zero attached hydrogens (tertiary/aromatic N) is 2. The first-order valence-electron chi connectivity index (χ1n) is 4.45. The van der Waals surface area contributed by atoms with Crippen molar-refractivity contribution in [3.63, 3.8) is 0 Å². The predicted octanol–water partition coefficient (Wildman–Crippen LogP) is 1.33. The molecule has 0 saturated carbocycles. The standard InChI is InChI=1S/C10H7FN2O2S/c11-7-4-12-10(15)13(5-7)6-8(14)9-2-1-3-16-9/h1-5H,6H2. The molecule has 82 valence electrons. The summed E-state index contributed by atoms with van der Waals surface area (Å²) in [6.07, 6.45) is 1.80. The molecule has 0 unspecified atom stereocenters. The Morgan fingerprint density at radius 2 is 2.38 bits per heavy atom. The van der Waals surface area contributed by atoms with Crippen LogP contribution in [0, 0.1) is 5.82 Å². The zero-order valence-electron chi connectivity index (χ0n) is 8.09. The van der Waals surface area contributed by atoms with E-state index in [9.17, 15) is 14.0 Å². The minimum absolute atomic E-state index is 0.190. The Morgan fingerprint density at radius 3 is 3.06 bits per heavy atom. The van der Waals surface area contributed by atoms with Gasteiger partial charge >= 0.3 is 5.69 Å². The van der Waals surface area contributed by atoms with E-state index in [0.717, 1.165) is 17.0 Å². The van der Waals surface area contributed by atoms with Crippen LogP contribution in [0.1, 0.15) is 9.67 Å². The Morgan fingerprint density at radius 1 is 1.56 bits per heavy atom. The number of aromatic nitrogens is 2. The van der Waals surface area contributed by atoms with Gasteiger partial charge in [0.15, 0.2) is 11.6 Å². The molecule has 4 nitrogen and oxygen atoms in total. The van der Waals surface area contributed by atoms with Crippen molar-refractivity contribution in [1.29, 1.82) is 0 Å². The minimum Gasteiger partial charge on any atom is -0.291 e. The van der Waals surface area contributed by atoms with Gasteiger partial charge in [0.25, 0.3) is 0 Å². The van der Waals surface area contributed by atoms with E-state index >= 15 is 0 Å². The van der Waals surface area contributed by atoms with E-state index in [4.69, 9.17) is 0 Å². The number of hydrogen-bond donors (Lipinski definition) is 0. The number of Topliss-reactive ketones (excluding diaryl/α,β-unsaturated/α-hetero) is 1. The highest BCUT2D eigenvalue weighted by molar-refractivity contribution is 7.12. The van der Waals surface area contributed by atoms with Crippen LogP contribution in [0.2, 0.25) is 0 Å². The molecule has 0 aliphatic heterocycles. The summed E-state index contributed by atoms with van der Waals surface area (Å²) < 4.78 is 13.8. The van der Waals surface area contributed by atoms with E-state index in [-0.39, 0.29) is 12.3 Å². The van der Waals surface area contributed by atoms with Crippen molar-refractivity contribution in [2.45, 2.75) is 6.54 Å². The van der Waals surface area contributed by atoms with E-state index in [2.05, 4.69) is 4.98 Å². The van der Waals surface area contributed by atoms with E-state index < -0.39 is 11.5 Å². The third kappa shape index (κ3) is 2.22. The Labute approximate surface area is 94.0 Å². The van der Waals surface area contributed by atoms with Crippen molar-refractivity contribution >= 4 is 17.1 Å². The molecule has 2 rings (SSSR count). The molecule has 0 N–H and O–H groups in total. The highest BCUT2D eigenvalue weighted by Crippen LogP contribution is 2.09. The molecule has 0 atom stereocenters. The van der Waals surface area contributed by atoms with Crippen LogP contribution in [-0.4, -0.2) is 15.3 Å². The lowest BCUT2D eigenvalue weighted by Gasteiger charge is -2.01. The van der Waals surface area contributed by atoms with Crippen LogP contribution >= 0.6 is 11.3 Å². The van der Waals surface area contributed by atoms with E-state index in [1.54, 1.807) is 17.5 Å². The quantitative estimate of drug-likeness (QED) is 0.758. The number of halogens is 1. The largest absolute Gasteiger partial charge is 0.348 e. The smallest absolute Gasteiger partial charge is 0.291 e. The van der Waals surface area contributed by atoms with E-state index in [1.165, 1.54) is 11.3 Å². The molecule has 0 aliphatic carbocycles. The summed E-state index contributed by atoms with van der Waals surface area (Å²) >= 11 is 1.28. The molecule has 0 aliphatic rings. The first-order valence-corrected chi connectivity index (χ1v) is 5.33. The molecular weight excluding hydrogens is 231 g/mol. The van der Waals surface area contributed by atoms with Gasteiger partial charge in [-0.3, -0.25) is 9.36 Å². The molecule has 0 amide bonds. The number of hydrogen-bond acceptors (Lipinski definition) is 4. The SMILES string of the molecule is O=C(Cn1cc(F)cnc1=O)c1cccs1. The highest BCUT2D eigenvalue weighted by atomic mass is 32.1. The van der Waals surface area contributed by atoms with Gasteiger partial charge < -0.3 is 0 Å². The normalized spacial score (nSPS) is 10.3. The third-order valence-electron chi connectivity index (χ3n) is 1.93. The predicted molar refractivity (Wildman–Crippen MR) is 57.1 cm³/mol. The van der Waals surface area contributed by atoms with Gasteiger partial charge in [0, 0.05) is 6.20 Å². The number of thiophene rings is 1. The maximum absolute atomic E-state index is 12.8. The van der Waals surface area contributed by atoms with Crippen molar-refractivity contribution in [1.82, 2.24) is 9.55 Å². The number of ketones is 1. The van der Waals surface area contributed by atoms with Gasteiger partial charge in [-0.1, -0.05) is 6.07 Å². The molecule has 0 bridgehead atoms. The fraction of sp³-hybridized carbons (Fsp3) is 0.100. The summed E-state index contributed by atoms with van der Waals surface area (Å²) in [6.45, 7) is -0.190. The topological polar surface area (TPSA) is 52.0 Å². The summed E-state index contributed by atoms with van der Waals surface area (Å²) in [5, 5.41) is 1.76. The summed E-state index contributed by atoms with van der Waals surface area (Å²) in [7, 11) is 0. The van der Waals surface area contributed by atoms with Crippen LogP contribution in [0.15, 0.2) is 34.7 Å². The number of rotatable bonds is 3. The van der Waals surface area contributed by atoms with Crippen molar-refractivity contribution in [3.05, 3.63) is 51.1 Å². The highest BCUT2D eigenvalue weighted by Gasteiger charge is 2.09. The summed E-state index contributed by atoms with van der Waals surface area (Å²) in [4.78, 5) is 26.7. The fourth-order valence-corrected chi connectivity index (χ4v) is 1.87. The molecule has 2 aromatic rings. The zero-order valence-corrected chi connectivity index (χ0v) is 8.91. The van der Waals surface area contributed by atoms with E-state index in [0.29, 0.717) is 4.88 Å². The van der Waals surface area contributed by atoms with Crippen LogP contribution in [0.5, 0.6) is 0 Å². The summed E-state index contributed by atoms with van der Waals surface area (Å²) in [5.74, 6) is -0.872. The molecule has 16 heavy (non-hydrogen) atoms. The van der Waals surface area contributed by atoms with Crippen LogP contribution in [-0.2, 0) is 6.54 Å². The van der Waals surface area contributed by atoms with Gasteiger partial charge in [-0.2, -0.15) is 4.98 Å². The Balaban J connectivity index is 2.25. The first kappa shape index (κ1) is 10.7. The van der Waals surface area contributed by atoms with Gasteiger partial charge in [0.05, 0.1) is 17.6 Å². The van der Waals surface area contributed by atoms with Gasteiger partial charge in [-0.15, -0.1) is 11.3 Å². The molecule has 2 aromatic heterocycles. The average molecular weight is 238 g/mol. The van der Waals surface area contributed by atoms with Crippen molar-refractivity contribution in [3.8, 4) is 0 Å². The third-order valence-corrected chi connectivity index (χ3v) is 2.84.